The zero-order valence-corrected chi connectivity index (χ0v) is 11.9. The van der Waals surface area contributed by atoms with E-state index in [1.165, 1.54) is 0 Å². The second-order valence-corrected chi connectivity index (χ2v) is 5.51. The van der Waals surface area contributed by atoms with E-state index in [9.17, 15) is 14.7 Å². The van der Waals surface area contributed by atoms with Crippen molar-refractivity contribution in [2.24, 2.45) is 17.1 Å². The van der Waals surface area contributed by atoms with E-state index in [1.54, 1.807) is 12.0 Å². The molecule has 2 unspecified atom stereocenters. The molecule has 0 bridgehead atoms. The first kappa shape index (κ1) is 15.9. The summed E-state index contributed by atoms with van der Waals surface area (Å²) in [5, 5.41) is 9.42. The summed E-state index contributed by atoms with van der Waals surface area (Å²) in [6, 6.07) is -0.614. The van der Waals surface area contributed by atoms with Gasteiger partial charge in [-0.15, -0.1) is 0 Å². The normalized spacial score (nSPS) is 24.8. The highest BCUT2D eigenvalue weighted by Crippen LogP contribution is 2.38. The van der Waals surface area contributed by atoms with Crippen molar-refractivity contribution in [1.82, 2.24) is 4.90 Å². The van der Waals surface area contributed by atoms with Gasteiger partial charge in [0.1, 0.15) is 0 Å². The predicted molar refractivity (Wildman–Crippen MR) is 70.6 cm³/mol. The van der Waals surface area contributed by atoms with E-state index in [2.05, 4.69) is 0 Å². The standard InChI is InChI=1S/C13H24N2O4/c1-9(2)13(12(17)18)5-6-15(8-13)11(16)10(14)4-7-19-3/h9-10H,4-8,14H2,1-3H3,(H,17,18). The third kappa shape index (κ3) is 3.25. The molecule has 0 aliphatic carbocycles. The van der Waals surface area contributed by atoms with Crippen LogP contribution in [0, 0.1) is 11.3 Å². The number of rotatable bonds is 6. The molecule has 0 aromatic carbocycles. The average molecular weight is 272 g/mol. The van der Waals surface area contributed by atoms with Gasteiger partial charge in [-0.25, -0.2) is 0 Å². The number of nitrogens with two attached hydrogens (primary N) is 1. The molecule has 19 heavy (non-hydrogen) atoms. The van der Waals surface area contributed by atoms with Crippen LogP contribution in [0.15, 0.2) is 0 Å². The van der Waals surface area contributed by atoms with Gasteiger partial charge in [0.15, 0.2) is 0 Å². The summed E-state index contributed by atoms with van der Waals surface area (Å²) in [4.78, 5) is 25.2. The van der Waals surface area contributed by atoms with Gasteiger partial charge < -0.3 is 20.5 Å². The number of likely N-dealkylation sites (tertiary alicyclic amines) is 1. The van der Waals surface area contributed by atoms with Crippen molar-refractivity contribution in [3.63, 3.8) is 0 Å². The zero-order chi connectivity index (χ0) is 14.6. The number of carbonyl (C=O) groups excluding carboxylic acids is 1. The van der Waals surface area contributed by atoms with Crippen LogP contribution in [0.2, 0.25) is 0 Å². The molecule has 3 N–H and O–H groups in total. The van der Waals surface area contributed by atoms with Gasteiger partial charge in [0.2, 0.25) is 5.91 Å². The summed E-state index contributed by atoms with van der Waals surface area (Å²) >= 11 is 0. The maximum atomic E-state index is 12.1. The Morgan fingerprint density at radius 3 is 2.53 bits per heavy atom. The number of hydrogen-bond acceptors (Lipinski definition) is 4. The number of hydrogen-bond donors (Lipinski definition) is 2. The van der Waals surface area contributed by atoms with Crippen LogP contribution in [0.4, 0.5) is 0 Å². The van der Waals surface area contributed by atoms with E-state index in [1.807, 2.05) is 13.8 Å². The lowest BCUT2D eigenvalue weighted by Crippen LogP contribution is -2.46. The van der Waals surface area contributed by atoms with Gasteiger partial charge in [-0.05, 0) is 18.8 Å². The van der Waals surface area contributed by atoms with Crippen molar-refractivity contribution in [1.29, 1.82) is 0 Å². The topological polar surface area (TPSA) is 92.9 Å². The molecule has 1 aliphatic rings. The lowest BCUT2D eigenvalue weighted by atomic mass is 9.76. The van der Waals surface area contributed by atoms with Gasteiger partial charge >= 0.3 is 5.97 Å². The van der Waals surface area contributed by atoms with Gasteiger partial charge in [0, 0.05) is 26.8 Å². The Morgan fingerprint density at radius 2 is 2.11 bits per heavy atom. The minimum atomic E-state index is -0.837. The van der Waals surface area contributed by atoms with Crippen LogP contribution in [-0.2, 0) is 14.3 Å². The van der Waals surface area contributed by atoms with Crippen molar-refractivity contribution in [3.8, 4) is 0 Å². The molecular formula is C13H24N2O4. The van der Waals surface area contributed by atoms with Gasteiger partial charge in [-0.2, -0.15) is 0 Å². The molecule has 0 aromatic rings. The number of methoxy groups -OCH3 is 1. The van der Waals surface area contributed by atoms with Crippen molar-refractivity contribution in [3.05, 3.63) is 0 Å². The van der Waals surface area contributed by atoms with E-state index >= 15 is 0 Å². The average Bonchev–Trinajstić information content (AvgIpc) is 2.81. The molecule has 2 atom stereocenters. The second kappa shape index (κ2) is 6.34. The van der Waals surface area contributed by atoms with Gasteiger partial charge in [-0.1, -0.05) is 13.8 Å². The third-order valence-electron chi connectivity index (χ3n) is 4.09. The monoisotopic (exact) mass is 272 g/mol. The highest BCUT2D eigenvalue weighted by atomic mass is 16.5. The Balaban J connectivity index is 2.69. The van der Waals surface area contributed by atoms with Crippen LogP contribution in [-0.4, -0.2) is 54.7 Å². The molecular weight excluding hydrogens is 248 g/mol. The molecule has 0 spiro atoms. The van der Waals surface area contributed by atoms with Gasteiger partial charge in [0.25, 0.3) is 0 Å². The molecule has 6 heteroatoms. The Hall–Kier alpha value is -1.14. The van der Waals surface area contributed by atoms with Gasteiger partial charge in [0.05, 0.1) is 11.5 Å². The Bertz CT molecular complexity index is 346. The zero-order valence-electron chi connectivity index (χ0n) is 11.9. The Labute approximate surface area is 113 Å². The van der Waals surface area contributed by atoms with Crippen molar-refractivity contribution in [2.45, 2.75) is 32.7 Å². The summed E-state index contributed by atoms with van der Waals surface area (Å²) in [5.41, 5.74) is 4.97. The molecule has 0 aromatic heterocycles. The first-order valence-electron chi connectivity index (χ1n) is 6.62. The summed E-state index contributed by atoms with van der Waals surface area (Å²) in [6.45, 7) is 4.90. The highest BCUT2D eigenvalue weighted by molar-refractivity contribution is 5.84. The van der Waals surface area contributed by atoms with Crippen LogP contribution in [0.1, 0.15) is 26.7 Å². The summed E-state index contributed by atoms with van der Waals surface area (Å²) in [7, 11) is 1.56. The summed E-state index contributed by atoms with van der Waals surface area (Å²) < 4.78 is 4.90. The van der Waals surface area contributed by atoms with E-state index < -0.39 is 17.4 Å². The van der Waals surface area contributed by atoms with Crippen LogP contribution >= 0.6 is 0 Å². The van der Waals surface area contributed by atoms with Crippen LogP contribution in [0.25, 0.3) is 0 Å². The first-order valence-corrected chi connectivity index (χ1v) is 6.62. The largest absolute Gasteiger partial charge is 0.481 e. The van der Waals surface area contributed by atoms with Gasteiger partial charge in [-0.3, -0.25) is 9.59 Å². The van der Waals surface area contributed by atoms with Crippen molar-refractivity contribution < 1.29 is 19.4 Å². The number of ether oxygens (including phenoxy) is 1. The number of aliphatic carboxylic acids is 1. The SMILES string of the molecule is COCCC(N)C(=O)N1CCC(C(=O)O)(C(C)C)C1. The van der Waals surface area contributed by atoms with Crippen LogP contribution in [0.5, 0.6) is 0 Å². The van der Waals surface area contributed by atoms with Crippen molar-refractivity contribution in [2.75, 3.05) is 26.8 Å². The lowest BCUT2D eigenvalue weighted by Gasteiger charge is -2.29. The first-order chi connectivity index (χ1) is 8.85. The molecule has 0 saturated carbocycles. The number of amides is 1. The number of carboxylic acids is 1. The molecule has 1 aliphatic heterocycles. The number of nitrogens with zero attached hydrogens (tertiary/aromatic N) is 1. The van der Waals surface area contributed by atoms with E-state index in [-0.39, 0.29) is 18.4 Å². The smallest absolute Gasteiger partial charge is 0.311 e. The quantitative estimate of drug-likeness (QED) is 0.726. The third-order valence-corrected chi connectivity index (χ3v) is 4.09. The highest BCUT2D eigenvalue weighted by Gasteiger charge is 2.48. The molecule has 1 fully saturated rings. The molecule has 0 radical (unpaired) electrons. The second-order valence-electron chi connectivity index (χ2n) is 5.51. The molecule has 6 nitrogen and oxygen atoms in total. The Kier molecular flexibility index (Phi) is 5.31. The maximum Gasteiger partial charge on any atom is 0.311 e. The molecule has 110 valence electrons. The summed E-state index contributed by atoms with van der Waals surface area (Å²) in [5.74, 6) is -1.03. The number of carbonyl (C=O) groups is 2. The fourth-order valence-electron chi connectivity index (χ4n) is 2.52. The predicted octanol–water partition coefficient (Wildman–Crippen LogP) is 0.310. The van der Waals surface area contributed by atoms with E-state index in [0.717, 1.165) is 0 Å². The van der Waals surface area contributed by atoms with E-state index in [4.69, 9.17) is 10.5 Å². The summed E-state index contributed by atoms with van der Waals surface area (Å²) in [6.07, 6.45) is 0.941. The fraction of sp³-hybridized carbons (Fsp3) is 0.846. The maximum absolute atomic E-state index is 12.1. The molecule has 1 amide bonds. The van der Waals surface area contributed by atoms with Crippen LogP contribution < -0.4 is 5.73 Å². The molecule has 1 saturated heterocycles. The Morgan fingerprint density at radius 1 is 1.47 bits per heavy atom. The lowest BCUT2D eigenvalue weighted by molar-refractivity contribution is -0.151. The van der Waals surface area contributed by atoms with Crippen LogP contribution in [0.3, 0.4) is 0 Å². The van der Waals surface area contributed by atoms with Crippen molar-refractivity contribution >= 4 is 11.9 Å². The number of carboxylic acid groups (broad SMARTS) is 1. The minimum Gasteiger partial charge on any atom is -0.481 e. The molecule has 1 heterocycles. The fourth-order valence-corrected chi connectivity index (χ4v) is 2.52. The van der Waals surface area contributed by atoms with E-state index in [0.29, 0.717) is 26.0 Å². The minimum absolute atomic E-state index is 0.0157. The molecule has 1 rings (SSSR count).